The number of terminal acetylenes is 1. The van der Waals surface area contributed by atoms with E-state index in [9.17, 15) is 9.90 Å². The van der Waals surface area contributed by atoms with Crippen molar-refractivity contribution in [3.63, 3.8) is 0 Å². The fourth-order valence-corrected chi connectivity index (χ4v) is 1.54. The first kappa shape index (κ1) is 11.2. The lowest BCUT2D eigenvalue weighted by Gasteiger charge is -2.34. The molecule has 78 valence electrons. The molecule has 0 radical (unpaired) electrons. The summed E-state index contributed by atoms with van der Waals surface area (Å²) in [6, 6.07) is -0.191. The maximum atomic E-state index is 11.2. The van der Waals surface area contributed by atoms with Crippen molar-refractivity contribution < 1.29 is 14.6 Å². The molecule has 0 aromatic heterocycles. The van der Waals surface area contributed by atoms with Gasteiger partial charge in [-0.05, 0) is 12.8 Å². The Hall–Kier alpha value is -0.920. The molecule has 0 spiro atoms. The van der Waals surface area contributed by atoms with Crippen LogP contribution in [0.15, 0.2) is 0 Å². The Morgan fingerprint density at radius 1 is 1.79 bits per heavy atom. The van der Waals surface area contributed by atoms with Gasteiger partial charge in [-0.3, -0.25) is 0 Å². The topological polar surface area (TPSA) is 49.8 Å². The van der Waals surface area contributed by atoms with E-state index in [0.717, 1.165) is 0 Å². The van der Waals surface area contributed by atoms with Gasteiger partial charge >= 0.3 is 6.09 Å². The van der Waals surface area contributed by atoms with Gasteiger partial charge in [0, 0.05) is 6.54 Å². The third-order valence-electron chi connectivity index (χ3n) is 2.18. The molecule has 14 heavy (non-hydrogen) atoms. The van der Waals surface area contributed by atoms with Gasteiger partial charge in [0.2, 0.25) is 0 Å². The van der Waals surface area contributed by atoms with Crippen LogP contribution in [-0.2, 0) is 4.74 Å². The third kappa shape index (κ3) is 2.53. The first-order valence-corrected chi connectivity index (χ1v) is 4.82. The van der Waals surface area contributed by atoms with E-state index >= 15 is 0 Å². The second-order valence-electron chi connectivity index (χ2n) is 3.22. The zero-order valence-electron chi connectivity index (χ0n) is 7.70. The minimum absolute atomic E-state index is 0.110. The van der Waals surface area contributed by atoms with Gasteiger partial charge in [0.1, 0.15) is 5.60 Å². The first-order valence-electron chi connectivity index (χ1n) is 4.29. The number of carbonyl (C=O) groups excluding carboxylic acids is 1. The second-order valence-corrected chi connectivity index (χ2v) is 3.44. The Morgan fingerprint density at radius 3 is 3.07 bits per heavy atom. The summed E-state index contributed by atoms with van der Waals surface area (Å²) < 4.78 is 4.59. The van der Waals surface area contributed by atoms with Crippen LogP contribution in [-0.4, -0.2) is 40.9 Å². The molecule has 1 atom stereocenters. The van der Waals surface area contributed by atoms with Crippen molar-refractivity contribution in [2.24, 2.45) is 0 Å². The molecule has 1 fully saturated rings. The van der Waals surface area contributed by atoms with E-state index in [1.807, 2.05) is 0 Å². The number of hydrogen-bond donors (Lipinski definition) is 1. The Bertz CT molecular complexity index is 263. The van der Waals surface area contributed by atoms with Gasteiger partial charge in [-0.1, -0.05) is 17.5 Å². The highest BCUT2D eigenvalue weighted by atomic mass is 35.5. The molecular weight excluding hydrogens is 206 g/mol. The molecule has 1 saturated heterocycles. The van der Waals surface area contributed by atoms with Crippen LogP contribution in [0.1, 0.15) is 12.8 Å². The largest absolute Gasteiger partial charge is 0.433 e. The van der Waals surface area contributed by atoms with Crippen LogP contribution in [0, 0.1) is 12.3 Å². The summed E-state index contributed by atoms with van der Waals surface area (Å²) >= 11 is 5.25. The summed E-state index contributed by atoms with van der Waals surface area (Å²) in [7, 11) is 0. The van der Waals surface area contributed by atoms with E-state index in [1.54, 1.807) is 0 Å². The molecule has 1 amide bonds. The zero-order valence-corrected chi connectivity index (χ0v) is 8.46. The van der Waals surface area contributed by atoms with E-state index in [-0.39, 0.29) is 12.6 Å². The molecule has 1 heterocycles. The molecule has 0 saturated carbocycles. The highest BCUT2D eigenvalue weighted by Gasteiger charge is 2.33. The third-order valence-corrected chi connectivity index (χ3v) is 2.28. The van der Waals surface area contributed by atoms with Crippen LogP contribution in [0.5, 0.6) is 0 Å². The quantitative estimate of drug-likeness (QED) is 0.522. The maximum absolute atomic E-state index is 11.2. The number of aliphatic hydroxyl groups is 1. The number of hydrogen-bond acceptors (Lipinski definition) is 3. The normalized spacial score (nSPS) is 26.8. The lowest BCUT2D eigenvalue weighted by atomic mass is 9.94. The number of alkyl halides is 1. The molecule has 0 unspecified atom stereocenters. The van der Waals surface area contributed by atoms with Crippen molar-refractivity contribution in [3.8, 4) is 12.3 Å². The highest BCUT2D eigenvalue weighted by molar-refractivity contribution is 6.17. The standard InChI is InChI=1S/C9H12ClNO3/c1-2-9(13)4-3-5-11(6-9)8(12)14-7-10/h1,13H,3-7H2/t9-/m0/s1. The number of likely N-dealkylation sites (tertiary alicyclic amines) is 1. The van der Waals surface area contributed by atoms with Crippen molar-refractivity contribution in [2.45, 2.75) is 18.4 Å². The smallest absolute Gasteiger partial charge is 0.411 e. The number of rotatable bonds is 1. The maximum Gasteiger partial charge on any atom is 0.411 e. The predicted octanol–water partition coefficient (Wildman–Crippen LogP) is 0.779. The van der Waals surface area contributed by atoms with E-state index in [0.29, 0.717) is 19.4 Å². The molecule has 1 rings (SSSR count). The van der Waals surface area contributed by atoms with Crippen LogP contribution in [0.3, 0.4) is 0 Å². The van der Waals surface area contributed by atoms with E-state index < -0.39 is 11.7 Å². The molecule has 0 aromatic rings. The van der Waals surface area contributed by atoms with Crippen molar-refractivity contribution in [2.75, 3.05) is 19.2 Å². The Kier molecular flexibility index (Phi) is 3.62. The van der Waals surface area contributed by atoms with Crippen molar-refractivity contribution in [1.82, 2.24) is 4.90 Å². The Morgan fingerprint density at radius 2 is 2.50 bits per heavy atom. The number of β-amino-alcohol motifs (C(OH)–C–C–N with tert-alkyl or cyclic N) is 1. The number of carbonyl (C=O) groups is 1. The van der Waals surface area contributed by atoms with Crippen molar-refractivity contribution in [1.29, 1.82) is 0 Å². The summed E-state index contributed by atoms with van der Waals surface area (Å²) in [5, 5.41) is 9.75. The van der Waals surface area contributed by atoms with Crippen LogP contribution in [0.2, 0.25) is 0 Å². The number of halogens is 1. The number of ether oxygens (including phenoxy) is 1. The van der Waals surface area contributed by atoms with Crippen molar-refractivity contribution >= 4 is 17.7 Å². The van der Waals surface area contributed by atoms with Gasteiger partial charge in [0.15, 0.2) is 6.07 Å². The molecule has 0 aromatic carbocycles. The summed E-state index contributed by atoms with van der Waals surface area (Å²) in [6.07, 6.45) is 5.81. The van der Waals surface area contributed by atoms with Gasteiger partial charge in [-0.25, -0.2) is 4.79 Å². The minimum atomic E-state index is -1.22. The lowest BCUT2D eigenvalue weighted by Crippen LogP contribution is -2.49. The average molecular weight is 218 g/mol. The van der Waals surface area contributed by atoms with Crippen molar-refractivity contribution in [3.05, 3.63) is 0 Å². The van der Waals surface area contributed by atoms with Crippen LogP contribution >= 0.6 is 11.6 Å². The van der Waals surface area contributed by atoms with Gasteiger partial charge in [0.05, 0.1) is 6.54 Å². The summed E-state index contributed by atoms with van der Waals surface area (Å²) in [6.45, 7) is 0.652. The Labute approximate surface area is 87.8 Å². The second kappa shape index (κ2) is 4.54. The molecule has 1 N–H and O–H groups in total. The van der Waals surface area contributed by atoms with Gasteiger partial charge in [-0.2, -0.15) is 0 Å². The highest BCUT2D eigenvalue weighted by Crippen LogP contribution is 2.20. The van der Waals surface area contributed by atoms with Crippen LogP contribution in [0.4, 0.5) is 4.79 Å². The predicted molar refractivity (Wildman–Crippen MR) is 51.8 cm³/mol. The summed E-state index contributed by atoms with van der Waals surface area (Å²) in [5.41, 5.74) is -1.22. The lowest BCUT2D eigenvalue weighted by molar-refractivity contribution is 0.0142. The molecule has 1 aliphatic heterocycles. The average Bonchev–Trinajstić information content (AvgIpc) is 2.18. The van der Waals surface area contributed by atoms with E-state index in [4.69, 9.17) is 18.0 Å². The fourth-order valence-electron chi connectivity index (χ4n) is 1.45. The summed E-state index contributed by atoms with van der Waals surface area (Å²) in [4.78, 5) is 12.6. The SMILES string of the molecule is C#C[C@]1(O)CCCN(C(=O)OCCl)C1. The van der Waals surface area contributed by atoms with Gasteiger partial charge in [0.25, 0.3) is 0 Å². The molecule has 5 heteroatoms. The number of nitrogens with zero attached hydrogens (tertiary/aromatic N) is 1. The monoisotopic (exact) mass is 217 g/mol. The molecule has 4 nitrogen and oxygen atoms in total. The zero-order chi connectivity index (χ0) is 10.6. The molecule has 0 bridgehead atoms. The molecule has 0 aliphatic carbocycles. The van der Waals surface area contributed by atoms with Gasteiger partial charge in [-0.15, -0.1) is 6.42 Å². The first-order chi connectivity index (χ1) is 6.61. The summed E-state index contributed by atoms with van der Waals surface area (Å²) in [5.74, 6) is 2.28. The van der Waals surface area contributed by atoms with Gasteiger partial charge < -0.3 is 14.7 Å². The molecule has 1 aliphatic rings. The number of piperidine rings is 1. The number of amides is 1. The minimum Gasteiger partial charge on any atom is -0.433 e. The fraction of sp³-hybridized carbons (Fsp3) is 0.667. The van der Waals surface area contributed by atoms with Crippen LogP contribution in [0.25, 0.3) is 0 Å². The van der Waals surface area contributed by atoms with E-state index in [2.05, 4.69) is 10.7 Å². The van der Waals surface area contributed by atoms with E-state index in [1.165, 1.54) is 4.90 Å². The van der Waals surface area contributed by atoms with Crippen LogP contribution < -0.4 is 0 Å². The Balaban J connectivity index is 2.57. The molecular formula is C9H12ClNO3.